The second-order valence-corrected chi connectivity index (χ2v) is 25.8. The molecule has 2 saturated heterocycles. The van der Waals surface area contributed by atoms with Gasteiger partial charge in [-0.2, -0.15) is 5.10 Å². The van der Waals surface area contributed by atoms with Gasteiger partial charge < -0.3 is 28.4 Å². The number of amides is 1. The molecule has 0 spiro atoms. The molecule has 64 heavy (non-hydrogen) atoms. The first-order valence-corrected chi connectivity index (χ1v) is 27.3. The highest BCUT2D eigenvalue weighted by atomic mass is 79.9. The maximum absolute atomic E-state index is 12.1. The van der Waals surface area contributed by atoms with Crippen molar-refractivity contribution in [3.05, 3.63) is 76.9 Å². The molecule has 0 bridgehead atoms. The predicted octanol–water partition coefficient (Wildman–Crippen LogP) is 11.2. The van der Waals surface area contributed by atoms with Gasteiger partial charge in [-0.25, -0.2) is 14.5 Å². The van der Waals surface area contributed by atoms with Crippen molar-refractivity contribution in [1.29, 1.82) is 0 Å². The molecule has 2 aliphatic rings. The summed E-state index contributed by atoms with van der Waals surface area (Å²) in [5, 5.41) is 6.24. The van der Waals surface area contributed by atoms with E-state index in [9.17, 15) is 4.79 Å². The van der Waals surface area contributed by atoms with Crippen molar-refractivity contribution >= 4 is 53.6 Å². The monoisotopic (exact) mass is 959 g/mol. The Morgan fingerprint density at radius 3 is 2.30 bits per heavy atom. The number of benzene rings is 1. The number of halogens is 1. The molecular formula is C48H71BBrN7O6Si. The number of hydrogen-bond acceptors (Lipinski definition) is 10. The van der Waals surface area contributed by atoms with Crippen LogP contribution in [0.1, 0.15) is 106 Å². The van der Waals surface area contributed by atoms with Crippen LogP contribution < -0.4 is 5.46 Å². The van der Waals surface area contributed by atoms with Crippen LogP contribution in [0.3, 0.4) is 0 Å². The lowest BCUT2D eigenvalue weighted by molar-refractivity contribution is -0.0365. The molecule has 6 heterocycles. The van der Waals surface area contributed by atoms with E-state index in [1.165, 1.54) is 0 Å². The summed E-state index contributed by atoms with van der Waals surface area (Å²) in [6.07, 6.45) is 11.7. The van der Waals surface area contributed by atoms with Crippen molar-refractivity contribution in [2.75, 3.05) is 19.8 Å². The fraction of sp³-hybridized carbons (Fsp3) is 0.562. The Morgan fingerprint density at radius 1 is 1.00 bits per heavy atom. The van der Waals surface area contributed by atoms with E-state index in [-0.39, 0.29) is 12.3 Å². The third-order valence-electron chi connectivity index (χ3n) is 11.6. The smallest absolute Gasteiger partial charge is 0.444 e. The fourth-order valence-corrected chi connectivity index (χ4v) is 8.24. The summed E-state index contributed by atoms with van der Waals surface area (Å²) in [4.78, 5) is 27.0. The minimum Gasteiger partial charge on any atom is -0.444 e. The largest absolute Gasteiger partial charge is 0.494 e. The van der Waals surface area contributed by atoms with Crippen molar-refractivity contribution < 1.29 is 28.3 Å². The lowest BCUT2D eigenvalue weighted by Crippen LogP contribution is -2.41. The van der Waals surface area contributed by atoms with Gasteiger partial charge in [0.15, 0.2) is 6.23 Å². The predicted molar refractivity (Wildman–Crippen MR) is 263 cm³/mol. The maximum Gasteiger partial charge on any atom is 0.494 e. The molecule has 1 aromatic carbocycles. The molecule has 1 amide bonds. The number of carbonyl (C=O) groups is 1. The molecule has 2 aliphatic heterocycles. The molecule has 0 aliphatic carbocycles. The van der Waals surface area contributed by atoms with E-state index in [2.05, 4.69) is 96.0 Å². The topological polar surface area (TPSA) is 128 Å². The first-order chi connectivity index (χ1) is 30.2. The fourth-order valence-electron chi connectivity index (χ4n) is 7.11. The van der Waals surface area contributed by atoms with Gasteiger partial charge in [0.05, 0.1) is 35.2 Å². The zero-order valence-corrected chi connectivity index (χ0v) is 43.3. The number of nitrogens with zero attached hydrogens (tertiary/aromatic N) is 7. The normalized spacial score (nSPS) is 17.0. The van der Waals surface area contributed by atoms with Gasteiger partial charge in [-0.1, -0.05) is 45.6 Å². The molecule has 2 fully saturated rings. The number of carbonyl (C=O) groups excluding carboxylic acids is 1. The van der Waals surface area contributed by atoms with Crippen LogP contribution in [0.15, 0.2) is 65.8 Å². The molecule has 0 saturated carbocycles. The molecule has 4 aromatic heterocycles. The summed E-state index contributed by atoms with van der Waals surface area (Å²) in [5.74, 6) is 0.823. The second-order valence-electron chi connectivity index (χ2n) is 19.4. The van der Waals surface area contributed by atoms with Crippen molar-refractivity contribution in [2.24, 2.45) is 0 Å². The SMILES string of the molecule is CC.CC1(C)OB(c2ccc3c(c2)c(-c2cnc(-c4ccncc4)n2COCC[Si](C)(C)C)nn3C2CCCCO2)OC1(C)C.CCN(Cc1cncc(Br)c1C)C(=O)OC(C)(C)C. The van der Waals surface area contributed by atoms with E-state index >= 15 is 0 Å². The van der Waals surface area contributed by atoms with Gasteiger partial charge in [0.25, 0.3) is 0 Å². The summed E-state index contributed by atoms with van der Waals surface area (Å²) in [7, 11) is -1.71. The van der Waals surface area contributed by atoms with Crippen LogP contribution in [0.5, 0.6) is 0 Å². The molecule has 5 aromatic rings. The molecule has 7 rings (SSSR count). The average Bonchev–Trinajstić information content (AvgIpc) is 3.90. The second kappa shape index (κ2) is 21.6. The Balaban J connectivity index is 0.000000309. The summed E-state index contributed by atoms with van der Waals surface area (Å²) in [6.45, 7) is 31.9. The number of hydrogen-bond donors (Lipinski definition) is 0. The number of aromatic nitrogens is 6. The van der Waals surface area contributed by atoms with Crippen LogP contribution in [-0.4, -0.2) is 92.0 Å². The van der Waals surface area contributed by atoms with E-state index in [0.29, 0.717) is 26.4 Å². The minimum absolute atomic E-state index is 0.114. The van der Waals surface area contributed by atoms with Crippen LogP contribution >= 0.6 is 15.9 Å². The molecular weight excluding hydrogens is 889 g/mol. The third kappa shape index (κ3) is 12.7. The van der Waals surface area contributed by atoms with Crippen molar-refractivity contribution in [2.45, 2.75) is 157 Å². The Labute approximate surface area is 391 Å². The molecule has 1 unspecified atom stereocenters. The molecule has 0 radical (unpaired) electrons. The van der Waals surface area contributed by atoms with Gasteiger partial charge in [0.1, 0.15) is 23.9 Å². The molecule has 348 valence electrons. The lowest BCUT2D eigenvalue weighted by Gasteiger charge is -2.32. The molecule has 13 nitrogen and oxygen atoms in total. The zero-order valence-electron chi connectivity index (χ0n) is 40.8. The summed E-state index contributed by atoms with van der Waals surface area (Å²) in [5.41, 5.74) is 5.46. The highest BCUT2D eigenvalue weighted by molar-refractivity contribution is 9.10. The number of fused-ring (bicyclic) bond motifs is 1. The number of ether oxygens (including phenoxy) is 3. The van der Waals surface area contributed by atoms with Gasteiger partial charge in [-0.3, -0.25) is 14.5 Å². The number of imidazole rings is 1. The highest BCUT2D eigenvalue weighted by Gasteiger charge is 2.51. The Kier molecular flexibility index (Phi) is 17.2. The average molecular weight is 961 g/mol. The minimum atomic E-state index is -1.24. The van der Waals surface area contributed by atoms with Gasteiger partial charge in [-0.15, -0.1) is 0 Å². The van der Waals surface area contributed by atoms with Crippen molar-refractivity contribution in [3.63, 3.8) is 0 Å². The van der Waals surface area contributed by atoms with Crippen molar-refractivity contribution in [3.8, 4) is 22.8 Å². The quantitative estimate of drug-likeness (QED) is 0.0880. The Hall–Kier alpha value is -3.93. The van der Waals surface area contributed by atoms with Gasteiger partial charge in [-0.05, 0) is 138 Å². The van der Waals surface area contributed by atoms with E-state index < -0.39 is 32.0 Å². The summed E-state index contributed by atoms with van der Waals surface area (Å²) >= 11 is 3.45. The number of rotatable bonds is 12. The maximum atomic E-state index is 12.1. The Morgan fingerprint density at radius 2 is 1.69 bits per heavy atom. The van der Waals surface area contributed by atoms with E-state index in [1.807, 2.05) is 71.5 Å². The van der Waals surface area contributed by atoms with Crippen LogP contribution in [0.4, 0.5) is 4.79 Å². The lowest BCUT2D eigenvalue weighted by atomic mass is 9.78. The van der Waals surface area contributed by atoms with Crippen molar-refractivity contribution in [1.82, 2.24) is 34.2 Å². The highest BCUT2D eigenvalue weighted by Crippen LogP contribution is 2.38. The standard InChI is InChI=1S/C32H44BN5O4Si.C14H21BrN2O2.C2H6/c1-31(2)32(3,4)42-33(41-31)24-11-12-26-25(20-24)29(36-38(26)28-10-8-9-17-40-28)27-21-35-30(23-13-15-34-16-14-23)37(27)22-39-18-19-43(5,6)7;1-6-17(13(18)19-14(3,4)5)9-11-7-16-8-12(15)10(11)2;1-2/h11-16,20-21,28H,8-10,17-19,22H2,1-7H3;7-8H,6,9H2,1-5H3;1-2H3. The Bertz CT molecular complexity index is 2290. The van der Waals surface area contributed by atoms with Gasteiger partial charge in [0, 0.05) is 68.0 Å². The van der Waals surface area contributed by atoms with Crippen LogP contribution in [0.2, 0.25) is 25.7 Å². The van der Waals surface area contributed by atoms with Crippen LogP contribution in [0, 0.1) is 6.92 Å². The van der Waals surface area contributed by atoms with E-state index in [1.54, 1.807) is 29.7 Å². The number of pyridine rings is 2. The molecule has 0 N–H and O–H groups in total. The van der Waals surface area contributed by atoms with E-state index in [0.717, 1.165) is 86.7 Å². The molecule has 1 atom stereocenters. The third-order valence-corrected chi connectivity index (χ3v) is 14.1. The zero-order chi connectivity index (χ0) is 47.0. The first-order valence-electron chi connectivity index (χ1n) is 22.8. The summed E-state index contributed by atoms with van der Waals surface area (Å²) < 4.78 is 35.9. The molecule has 16 heteroatoms. The van der Waals surface area contributed by atoms with Crippen LogP contribution in [-0.2, 0) is 36.8 Å². The summed E-state index contributed by atoms with van der Waals surface area (Å²) in [6, 6.07) is 11.4. The van der Waals surface area contributed by atoms with Crippen LogP contribution in [0.25, 0.3) is 33.7 Å². The van der Waals surface area contributed by atoms with Gasteiger partial charge >= 0.3 is 13.2 Å². The first kappa shape index (κ1) is 51.1. The van der Waals surface area contributed by atoms with Gasteiger partial charge in [0.2, 0.25) is 0 Å². The van der Waals surface area contributed by atoms with E-state index in [4.69, 9.17) is 33.6 Å².